The summed E-state index contributed by atoms with van der Waals surface area (Å²) in [6, 6.07) is 6.49. The Kier molecular flexibility index (Phi) is 8.43. The zero-order chi connectivity index (χ0) is 19.6. The van der Waals surface area contributed by atoms with Gasteiger partial charge in [0, 0.05) is 37.7 Å². The number of piperidine rings is 1. The van der Waals surface area contributed by atoms with E-state index in [2.05, 4.69) is 28.6 Å². The molecule has 1 amide bonds. The second-order valence-electron chi connectivity index (χ2n) is 7.12. The number of amides is 1. The van der Waals surface area contributed by atoms with E-state index in [4.69, 9.17) is 4.74 Å². The third-order valence-electron chi connectivity index (χ3n) is 4.95. The topological polar surface area (TPSA) is 66.0 Å². The SMILES string of the molecule is CCNC(=NCc1ccc(C)cc1OC)NCCC(=O)N1CCCCC1C. The fraction of sp³-hybridized carbons (Fsp3) is 0.619. The molecule has 1 unspecified atom stereocenters. The second kappa shape index (κ2) is 10.8. The van der Waals surface area contributed by atoms with Crippen LogP contribution in [0, 0.1) is 6.92 Å². The molecule has 1 saturated heterocycles. The van der Waals surface area contributed by atoms with Crippen LogP contribution in [0.25, 0.3) is 0 Å². The van der Waals surface area contributed by atoms with Gasteiger partial charge in [-0.2, -0.15) is 0 Å². The molecule has 1 fully saturated rings. The van der Waals surface area contributed by atoms with Crippen LogP contribution in [0.15, 0.2) is 23.2 Å². The largest absolute Gasteiger partial charge is 0.496 e. The zero-order valence-corrected chi connectivity index (χ0v) is 17.2. The first-order valence-corrected chi connectivity index (χ1v) is 10.00. The summed E-state index contributed by atoms with van der Waals surface area (Å²) in [5, 5.41) is 6.51. The highest BCUT2D eigenvalue weighted by molar-refractivity contribution is 5.81. The van der Waals surface area contributed by atoms with Crippen LogP contribution in [0.1, 0.15) is 50.7 Å². The molecular weight excluding hydrogens is 340 g/mol. The quantitative estimate of drug-likeness (QED) is 0.569. The van der Waals surface area contributed by atoms with Gasteiger partial charge in [-0.1, -0.05) is 12.1 Å². The highest BCUT2D eigenvalue weighted by atomic mass is 16.5. The van der Waals surface area contributed by atoms with Crippen molar-refractivity contribution in [2.75, 3.05) is 26.7 Å². The van der Waals surface area contributed by atoms with Crippen LogP contribution in [-0.4, -0.2) is 49.6 Å². The number of rotatable bonds is 7. The molecule has 6 nitrogen and oxygen atoms in total. The van der Waals surface area contributed by atoms with Crippen molar-refractivity contribution in [3.63, 3.8) is 0 Å². The summed E-state index contributed by atoms with van der Waals surface area (Å²) in [7, 11) is 1.68. The van der Waals surface area contributed by atoms with E-state index in [0.717, 1.165) is 48.8 Å². The number of guanidine groups is 1. The third kappa shape index (κ3) is 6.45. The maximum absolute atomic E-state index is 12.5. The van der Waals surface area contributed by atoms with E-state index in [1.165, 1.54) is 6.42 Å². The van der Waals surface area contributed by atoms with Crippen molar-refractivity contribution < 1.29 is 9.53 Å². The molecule has 0 saturated carbocycles. The van der Waals surface area contributed by atoms with Crippen LogP contribution < -0.4 is 15.4 Å². The number of nitrogens with one attached hydrogen (secondary N) is 2. The number of nitrogens with zero attached hydrogens (tertiary/aromatic N) is 2. The van der Waals surface area contributed by atoms with Gasteiger partial charge in [-0.3, -0.25) is 4.79 Å². The Morgan fingerprint density at radius 2 is 2.15 bits per heavy atom. The van der Waals surface area contributed by atoms with Gasteiger partial charge in [-0.05, 0) is 51.7 Å². The van der Waals surface area contributed by atoms with Crippen LogP contribution in [-0.2, 0) is 11.3 Å². The Hall–Kier alpha value is -2.24. The average Bonchev–Trinajstić information content (AvgIpc) is 2.66. The molecule has 0 radical (unpaired) electrons. The van der Waals surface area contributed by atoms with Gasteiger partial charge in [0.2, 0.25) is 5.91 Å². The second-order valence-corrected chi connectivity index (χ2v) is 7.12. The number of aryl methyl sites for hydroxylation is 1. The molecule has 2 rings (SSSR count). The predicted octanol–water partition coefficient (Wildman–Crippen LogP) is 2.85. The van der Waals surface area contributed by atoms with Crippen LogP contribution >= 0.6 is 0 Å². The molecule has 1 aliphatic heterocycles. The maximum Gasteiger partial charge on any atom is 0.224 e. The lowest BCUT2D eigenvalue weighted by Crippen LogP contribution is -2.44. The van der Waals surface area contributed by atoms with Crippen molar-refractivity contribution in [2.45, 2.75) is 59.0 Å². The number of aliphatic imine (C=N–C) groups is 1. The standard InChI is InChI=1S/C21H34N4O2/c1-5-22-21(24-15-18-10-9-16(2)14-19(18)27-4)23-12-11-20(26)25-13-7-6-8-17(25)3/h9-10,14,17H,5-8,11-13,15H2,1-4H3,(H2,22,23,24). The summed E-state index contributed by atoms with van der Waals surface area (Å²) >= 11 is 0. The van der Waals surface area contributed by atoms with E-state index in [1.807, 2.05) is 30.9 Å². The minimum absolute atomic E-state index is 0.228. The van der Waals surface area contributed by atoms with Crippen molar-refractivity contribution in [3.8, 4) is 5.75 Å². The van der Waals surface area contributed by atoms with Gasteiger partial charge in [0.1, 0.15) is 5.75 Å². The first-order chi connectivity index (χ1) is 13.0. The summed E-state index contributed by atoms with van der Waals surface area (Å²) in [5.41, 5.74) is 2.20. The van der Waals surface area contributed by atoms with Crippen LogP contribution in [0.5, 0.6) is 5.75 Å². The van der Waals surface area contributed by atoms with Gasteiger partial charge >= 0.3 is 0 Å². The molecule has 1 atom stereocenters. The van der Waals surface area contributed by atoms with Gasteiger partial charge in [-0.25, -0.2) is 4.99 Å². The smallest absolute Gasteiger partial charge is 0.224 e. The Morgan fingerprint density at radius 1 is 1.33 bits per heavy atom. The molecule has 0 spiro atoms. The highest BCUT2D eigenvalue weighted by Gasteiger charge is 2.22. The van der Waals surface area contributed by atoms with E-state index < -0.39 is 0 Å². The van der Waals surface area contributed by atoms with Crippen LogP contribution in [0.3, 0.4) is 0 Å². The average molecular weight is 375 g/mol. The van der Waals surface area contributed by atoms with Gasteiger partial charge in [0.15, 0.2) is 5.96 Å². The van der Waals surface area contributed by atoms with Crippen molar-refractivity contribution in [1.82, 2.24) is 15.5 Å². The molecule has 1 heterocycles. The Labute approximate surface area is 163 Å². The minimum Gasteiger partial charge on any atom is -0.496 e. The molecule has 1 aliphatic rings. The number of methoxy groups -OCH3 is 1. The van der Waals surface area contributed by atoms with Gasteiger partial charge in [0.05, 0.1) is 13.7 Å². The zero-order valence-electron chi connectivity index (χ0n) is 17.2. The fourth-order valence-electron chi connectivity index (χ4n) is 3.39. The molecular formula is C21H34N4O2. The summed E-state index contributed by atoms with van der Waals surface area (Å²) in [6.45, 7) is 8.99. The number of hydrogen-bond donors (Lipinski definition) is 2. The lowest BCUT2D eigenvalue weighted by molar-refractivity contribution is -0.134. The number of carbonyl (C=O) groups excluding carboxylic acids is 1. The summed E-state index contributed by atoms with van der Waals surface area (Å²) in [6.07, 6.45) is 3.94. The molecule has 2 N–H and O–H groups in total. The lowest BCUT2D eigenvalue weighted by Gasteiger charge is -2.33. The van der Waals surface area contributed by atoms with Crippen molar-refractivity contribution in [1.29, 1.82) is 0 Å². The lowest BCUT2D eigenvalue weighted by atomic mass is 10.0. The van der Waals surface area contributed by atoms with Gasteiger partial charge in [-0.15, -0.1) is 0 Å². The first-order valence-electron chi connectivity index (χ1n) is 10.00. The molecule has 27 heavy (non-hydrogen) atoms. The first kappa shape index (κ1) is 21.1. The van der Waals surface area contributed by atoms with Crippen LogP contribution in [0.2, 0.25) is 0 Å². The number of hydrogen-bond acceptors (Lipinski definition) is 3. The number of ether oxygens (including phenoxy) is 1. The molecule has 1 aromatic carbocycles. The Morgan fingerprint density at radius 3 is 2.85 bits per heavy atom. The normalized spacial score (nSPS) is 17.6. The van der Waals surface area contributed by atoms with Crippen molar-refractivity contribution >= 4 is 11.9 Å². The van der Waals surface area contributed by atoms with Gasteiger partial charge < -0.3 is 20.3 Å². The number of benzene rings is 1. The van der Waals surface area contributed by atoms with E-state index in [-0.39, 0.29) is 5.91 Å². The molecule has 6 heteroatoms. The Bertz CT molecular complexity index is 645. The molecule has 150 valence electrons. The summed E-state index contributed by atoms with van der Waals surface area (Å²) in [4.78, 5) is 19.1. The predicted molar refractivity (Wildman–Crippen MR) is 110 cm³/mol. The highest BCUT2D eigenvalue weighted by Crippen LogP contribution is 2.20. The number of likely N-dealkylation sites (tertiary alicyclic amines) is 1. The number of carbonyl (C=O) groups is 1. The van der Waals surface area contributed by atoms with E-state index in [0.29, 0.717) is 25.6 Å². The molecule has 0 aromatic heterocycles. The van der Waals surface area contributed by atoms with Crippen molar-refractivity contribution in [3.05, 3.63) is 29.3 Å². The summed E-state index contributed by atoms with van der Waals surface area (Å²) in [5.74, 6) is 1.80. The van der Waals surface area contributed by atoms with E-state index in [9.17, 15) is 4.79 Å². The summed E-state index contributed by atoms with van der Waals surface area (Å²) < 4.78 is 5.45. The minimum atomic E-state index is 0.228. The van der Waals surface area contributed by atoms with Gasteiger partial charge in [0.25, 0.3) is 0 Å². The van der Waals surface area contributed by atoms with E-state index in [1.54, 1.807) is 7.11 Å². The molecule has 0 aliphatic carbocycles. The molecule has 1 aromatic rings. The maximum atomic E-state index is 12.5. The van der Waals surface area contributed by atoms with Crippen LogP contribution in [0.4, 0.5) is 0 Å². The monoisotopic (exact) mass is 374 g/mol. The molecule has 0 bridgehead atoms. The van der Waals surface area contributed by atoms with E-state index >= 15 is 0 Å². The van der Waals surface area contributed by atoms with Crippen molar-refractivity contribution in [2.24, 2.45) is 4.99 Å². The third-order valence-corrected chi connectivity index (χ3v) is 4.95. The fourth-order valence-corrected chi connectivity index (χ4v) is 3.39. The Balaban J connectivity index is 1.89.